The first-order valence-electron chi connectivity index (χ1n) is 6.17. The predicted molar refractivity (Wildman–Crippen MR) is 78.0 cm³/mol. The fraction of sp³-hybridized carbons (Fsp3) is 0.200. The molecule has 0 aromatic heterocycles. The highest BCUT2D eigenvalue weighted by Gasteiger charge is 2.21. The maximum atomic E-state index is 14.0. The Morgan fingerprint density at radius 1 is 1.15 bits per heavy atom. The van der Waals surface area contributed by atoms with Gasteiger partial charge >= 0.3 is 0 Å². The van der Waals surface area contributed by atoms with Crippen LogP contribution in [0.25, 0.3) is 0 Å². The molecule has 0 heterocycles. The molecule has 0 bridgehead atoms. The Balaban J connectivity index is 2.39. The summed E-state index contributed by atoms with van der Waals surface area (Å²) < 4.78 is 27.8. The third-order valence-electron chi connectivity index (χ3n) is 3.24. The van der Waals surface area contributed by atoms with E-state index in [1.54, 1.807) is 42.3 Å². The van der Waals surface area contributed by atoms with Gasteiger partial charge in [0.25, 0.3) is 0 Å². The molecule has 1 atom stereocenters. The number of anilines is 1. The van der Waals surface area contributed by atoms with Crippen molar-refractivity contribution in [3.8, 4) is 0 Å². The Morgan fingerprint density at radius 2 is 1.85 bits per heavy atom. The number of hydrogen-bond donors (Lipinski definition) is 1. The van der Waals surface area contributed by atoms with Crippen molar-refractivity contribution in [1.29, 1.82) is 0 Å². The van der Waals surface area contributed by atoms with Crippen molar-refractivity contribution >= 4 is 17.3 Å². The van der Waals surface area contributed by atoms with E-state index in [9.17, 15) is 8.78 Å². The molecule has 2 aromatic carbocycles. The Bertz CT molecular complexity index is 604. The number of nitrogens with two attached hydrogens (primary N) is 1. The number of para-hydroxylation sites is 1. The third-order valence-corrected chi connectivity index (χ3v) is 3.48. The summed E-state index contributed by atoms with van der Waals surface area (Å²) in [7, 11) is 1.68. The van der Waals surface area contributed by atoms with E-state index in [2.05, 4.69) is 0 Å². The van der Waals surface area contributed by atoms with Gasteiger partial charge < -0.3 is 10.6 Å². The Kier molecular flexibility index (Phi) is 4.57. The maximum absolute atomic E-state index is 14.0. The number of halogens is 3. The number of hydrogen-bond acceptors (Lipinski definition) is 2. The lowest BCUT2D eigenvalue weighted by atomic mass is 10.0. The summed E-state index contributed by atoms with van der Waals surface area (Å²) in [6.07, 6.45) is 0. The zero-order chi connectivity index (χ0) is 14.7. The summed E-state index contributed by atoms with van der Waals surface area (Å²) in [5, 5.41) is 0.315. The van der Waals surface area contributed by atoms with Crippen LogP contribution in [0.3, 0.4) is 0 Å². The molecule has 0 aliphatic rings. The van der Waals surface area contributed by atoms with Gasteiger partial charge in [-0.2, -0.15) is 0 Å². The molecule has 2 N–H and O–H groups in total. The summed E-state index contributed by atoms with van der Waals surface area (Å²) in [5.74, 6) is -0.820. The molecule has 1 unspecified atom stereocenters. The molecule has 106 valence electrons. The van der Waals surface area contributed by atoms with Crippen molar-refractivity contribution in [2.75, 3.05) is 18.5 Å². The normalized spacial score (nSPS) is 12.2. The van der Waals surface area contributed by atoms with Gasteiger partial charge in [0.1, 0.15) is 11.6 Å². The van der Waals surface area contributed by atoms with Crippen LogP contribution in [-0.2, 0) is 0 Å². The lowest BCUT2D eigenvalue weighted by molar-refractivity contribution is 0.562. The van der Waals surface area contributed by atoms with Gasteiger partial charge in [-0.3, -0.25) is 0 Å². The van der Waals surface area contributed by atoms with Gasteiger partial charge in [0.15, 0.2) is 0 Å². The van der Waals surface area contributed by atoms with Crippen LogP contribution < -0.4 is 10.6 Å². The molecule has 2 rings (SSSR count). The highest BCUT2D eigenvalue weighted by Crippen LogP contribution is 2.29. The molecular formula is C15H15ClF2N2. The fourth-order valence-corrected chi connectivity index (χ4v) is 2.33. The molecule has 20 heavy (non-hydrogen) atoms. The monoisotopic (exact) mass is 296 g/mol. The van der Waals surface area contributed by atoms with E-state index in [4.69, 9.17) is 17.3 Å². The topological polar surface area (TPSA) is 29.3 Å². The molecule has 0 amide bonds. The van der Waals surface area contributed by atoms with Gasteiger partial charge in [-0.05, 0) is 24.3 Å². The van der Waals surface area contributed by atoms with Gasteiger partial charge in [-0.1, -0.05) is 29.8 Å². The molecule has 0 radical (unpaired) electrons. The van der Waals surface area contributed by atoms with Crippen LogP contribution in [0.15, 0.2) is 42.5 Å². The van der Waals surface area contributed by atoms with Crippen LogP contribution in [0.2, 0.25) is 5.02 Å². The minimum atomic E-state index is -0.468. The number of benzene rings is 2. The van der Waals surface area contributed by atoms with Gasteiger partial charge in [0.2, 0.25) is 0 Å². The van der Waals surface area contributed by atoms with E-state index in [1.165, 1.54) is 12.1 Å². The molecule has 0 fully saturated rings. The van der Waals surface area contributed by atoms with Crippen LogP contribution >= 0.6 is 11.6 Å². The van der Waals surface area contributed by atoms with E-state index in [-0.39, 0.29) is 12.4 Å². The standard InChI is InChI=1S/C15H15ClF2N2/c1-20(14-5-3-2-4-12(14)17)15(9-19)11-7-6-10(16)8-13(11)18/h2-8,15H,9,19H2,1H3. The molecule has 5 heteroatoms. The van der Waals surface area contributed by atoms with E-state index in [1.807, 2.05) is 0 Å². The Labute approximate surface area is 121 Å². The fourth-order valence-electron chi connectivity index (χ4n) is 2.17. The summed E-state index contributed by atoms with van der Waals surface area (Å²) in [6.45, 7) is 0.156. The van der Waals surface area contributed by atoms with Crippen molar-refractivity contribution in [3.63, 3.8) is 0 Å². The van der Waals surface area contributed by atoms with Crippen molar-refractivity contribution < 1.29 is 8.78 Å². The zero-order valence-corrected chi connectivity index (χ0v) is 11.7. The second kappa shape index (κ2) is 6.20. The molecule has 0 saturated carbocycles. The van der Waals surface area contributed by atoms with Crippen molar-refractivity contribution in [2.24, 2.45) is 5.73 Å². The van der Waals surface area contributed by atoms with Crippen molar-refractivity contribution in [3.05, 3.63) is 64.7 Å². The summed E-state index contributed by atoms with van der Waals surface area (Å²) in [6, 6.07) is 10.3. The molecule has 0 aliphatic carbocycles. The van der Waals surface area contributed by atoms with E-state index < -0.39 is 11.9 Å². The van der Waals surface area contributed by atoms with Gasteiger partial charge in [-0.25, -0.2) is 8.78 Å². The maximum Gasteiger partial charge on any atom is 0.146 e. The van der Waals surface area contributed by atoms with Crippen LogP contribution in [0.4, 0.5) is 14.5 Å². The van der Waals surface area contributed by atoms with E-state index in [0.29, 0.717) is 16.3 Å². The first-order valence-corrected chi connectivity index (χ1v) is 6.54. The second-order valence-electron chi connectivity index (χ2n) is 4.48. The minimum absolute atomic E-state index is 0.156. The van der Waals surface area contributed by atoms with Crippen LogP contribution in [-0.4, -0.2) is 13.6 Å². The van der Waals surface area contributed by atoms with Crippen LogP contribution in [0.5, 0.6) is 0 Å². The Morgan fingerprint density at radius 3 is 2.45 bits per heavy atom. The lowest BCUT2D eigenvalue weighted by Gasteiger charge is -2.30. The first kappa shape index (κ1) is 14.8. The SMILES string of the molecule is CN(c1ccccc1F)C(CN)c1ccc(Cl)cc1F. The highest BCUT2D eigenvalue weighted by molar-refractivity contribution is 6.30. The molecule has 0 aliphatic heterocycles. The second-order valence-corrected chi connectivity index (χ2v) is 4.92. The summed E-state index contributed by atoms with van der Waals surface area (Å²) in [4.78, 5) is 1.63. The average Bonchev–Trinajstić information content (AvgIpc) is 2.42. The van der Waals surface area contributed by atoms with Gasteiger partial charge in [0.05, 0.1) is 11.7 Å². The first-order chi connectivity index (χ1) is 9.54. The van der Waals surface area contributed by atoms with Crippen molar-refractivity contribution in [2.45, 2.75) is 6.04 Å². The minimum Gasteiger partial charge on any atom is -0.364 e. The number of rotatable bonds is 4. The largest absolute Gasteiger partial charge is 0.364 e. The lowest BCUT2D eigenvalue weighted by Crippen LogP contribution is -2.31. The third kappa shape index (κ3) is 2.92. The summed E-state index contributed by atoms with van der Waals surface area (Å²) >= 11 is 5.74. The molecule has 0 saturated heterocycles. The molecular weight excluding hydrogens is 282 g/mol. The molecule has 2 aromatic rings. The van der Waals surface area contributed by atoms with E-state index in [0.717, 1.165) is 0 Å². The van der Waals surface area contributed by atoms with Gasteiger partial charge in [0, 0.05) is 24.2 Å². The quantitative estimate of drug-likeness (QED) is 0.931. The molecule has 0 spiro atoms. The predicted octanol–water partition coefficient (Wildman–Crippen LogP) is 3.75. The summed E-state index contributed by atoms with van der Waals surface area (Å²) in [5.41, 5.74) is 6.50. The van der Waals surface area contributed by atoms with Crippen LogP contribution in [0.1, 0.15) is 11.6 Å². The number of nitrogens with zero attached hydrogens (tertiary/aromatic N) is 1. The average molecular weight is 297 g/mol. The van der Waals surface area contributed by atoms with Gasteiger partial charge in [-0.15, -0.1) is 0 Å². The van der Waals surface area contributed by atoms with Crippen LogP contribution in [0, 0.1) is 11.6 Å². The highest BCUT2D eigenvalue weighted by atomic mass is 35.5. The van der Waals surface area contributed by atoms with Crippen molar-refractivity contribution in [1.82, 2.24) is 0 Å². The molecule has 2 nitrogen and oxygen atoms in total. The number of likely N-dealkylation sites (N-methyl/N-ethyl adjacent to an activating group) is 1. The Hall–Kier alpha value is -1.65. The zero-order valence-electron chi connectivity index (χ0n) is 11.0. The smallest absolute Gasteiger partial charge is 0.146 e. The van der Waals surface area contributed by atoms with E-state index >= 15 is 0 Å².